The van der Waals surface area contributed by atoms with Crippen molar-refractivity contribution in [1.29, 1.82) is 0 Å². The Morgan fingerprint density at radius 2 is 2.06 bits per heavy atom. The fraction of sp³-hybridized carbons (Fsp3) is 0.385. The van der Waals surface area contributed by atoms with Crippen LogP contribution in [0.4, 0.5) is 0 Å². The molecular weight excluding hydrogens is 232 g/mol. The van der Waals surface area contributed by atoms with Crippen molar-refractivity contribution in [3.63, 3.8) is 0 Å². The molecule has 0 aliphatic carbocycles. The molecule has 0 amide bonds. The standard InChI is InChI=1S/C13H16N2O3/c1-2-13-14-12(15-18-13)9-17-11-5-3-10(4-6-11)7-8-16/h3-6,16H,2,7-9H2,1H3. The van der Waals surface area contributed by atoms with Crippen LogP contribution in [0.3, 0.4) is 0 Å². The highest BCUT2D eigenvalue weighted by molar-refractivity contribution is 5.27. The third-order valence-corrected chi connectivity index (χ3v) is 2.50. The molecule has 0 aliphatic heterocycles. The van der Waals surface area contributed by atoms with E-state index in [0.29, 0.717) is 24.7 Å². The predicted molar refractivity (Wildman–Crippen MR) is 65.2 cm³/mol. The van der Waals surface area contributed by atoms with Crippen molar-refractivity contribution in [2.45, 2.75) is 26.4 Å². The quantitative estimate of drug-likeness (QED) is 0.843. The molecule has 0 spiro atoms. The summed E-state index contributed by atoms with van der Waals surface area (Å²) in [7, 11) is 0. The highest BCUT2D eigenvalue weighted by atomic mass is 16.5. The third-order valence-electron chi connectivity index (χ3n) is 2.50. The smallest absolute Gasteiger partial charge is 0.226 e. The number of nitrogens with zero attached hydrogens (tertiary/aromatic N) is 2. The molecule has 5 nitrogen and oxygen atoms in total. The van der Waals surface area contributed by atoms with Gasteiger partial charge in [-0.3, -0.25) is 0 Å². The fourth-order valence-electron chi connectivity index (χ4n) is 1.52. The topological polar surface area (TPSA) is 68.4 Å². The van der Waals surface area contributed by atoms with Crippen LogP contribution in [0, 0.1) is 0 Å². The van der Waals surface area contributed by atoms with Gasteiger partial charge in [0.2, 0.25) is 11.7 Å². The molecule has 0 saturated carbocycles. The monoisotopic (exact) mass is 248 g/mol. The van der Waals surface area contributed by atoms with Crippen molar-refractivity contribution in [2.75, 3.05) is 6.61 Å². The second kappa shape index (κ2) is 6.16. The number of aromatic nitrogens is 2. The van der Waals surface area contributed by atoms with E-state index in [0.717, 1.165) is 17.7 Å². The maximum atomic E-state index is 8.81. The van der Waals surface area contributed by atoms with Gasteiger partial charge in [0.1, 0.15) is 5.75 Å². The summed E-state index contributed by atoms with van der Waals surface area (Å²) in [6, 6.07) is 7.59. The van der Waals surface area contributed by atoms with E-state index in [4.69, 9.17) is 14.4 Å². The minimum absolute atomic E-state index is 0.156. The van der Waals surface area contributed by atoms with E-state index in [1.807, 2.05) is 31.2 Å². The van der Waals surface area contributed by atoms with E-state index in [1.165, 1.54) is 0 Å². The van der Waals surface area contributed by atoms with E-state index in [1.54, 1.807) is 0 Å². The number of benzene rings is 1. The Hall–Kier alpha value is -1.88. The molecule has 1 aromatic heterocycles. The van der Waals surface area contributed by atoms with Crippen LogP contribution < -0.4 is 4.74 Å². The van der Waals surface area contributed by atoms with Crippen molar-refractivity contribution >= 4 is 0 Å². The summed E-state index contributed by atoms with van der Waals surface area (Å²) in [6.45, 7) is 2.41. The number of ether oxygens (including phenoxy) is 1. The lowest BCUT2D eigenvalue weighted by Gasteiger charge is -2.04. The Balaban J connectivity index is 1.89. The van der Waals surface area contributed by atoms with Gasteiger partial charge in [-0.05, 0) is 24.1 Å². The summed E-state index contributed by atoms with van der Waals surface area (Å²) in [5, 5.41) is 12.6. The largest absolute Gasteiger partial charge is 0.485 e. The lowest BCUT2D eigenvalue weighted by atomic mass is 10.1. The molecule has 0 radical (unpaired) electrons. The molecule has 1 heterocycles. The second-order valence-corrected chi connectivity index (χ2v) is 3.86. The molecule has 1 aromatic carbocycles. The average Bonchev–Trinajstić information content (AvgIpc) is 2.86. The first-order chi connectivity index (χ1) is 8.81. The molecule has 2 rings (SSSR count). The SMILES string of the molecule is CCc1nc(COc2ccc(CCO)cc2)no1. The van der Waals surface area contributed by atoms with E-state index >= 15 is 0 Å². The Bertz CT molecular complexity index is 479. The summed E-state index contributed by atoms with van der Waals surface area (Å²) in [6.07, 6.45) is 1.38. The molecule has 0 fully saturated rings. The van der Waals surface area contributed by atoms with Crippen molar-refractivity contribution in [2.24, 2.45) is 0 Å². The van der Waals surface area contributed by atoms with Gasteiger partial charge in [-0.25, -0.2) is 0 Å². The maximum absolute atomic E-state index is 8.81. The van der Waals surface area contributed by atoms with Crippen LogP contribution in [0.1, 0.15) is 24.2 Å². The van der Waals surface area contributed by atoms with Gasteiger partial charge in [-0.1, -0.05) is 24.2 Å². The number of aliphatic hydroxyl groups excluding tert-OH is 1. The van der Waals surface area contributed by atoms with Gasteiger partial charge in [0.25, 0.3) is 0 Å². The van der Waals surface area contributed by atoms with Crippen LogP contribution in [0.15, 0.2) is 28.8 Å². The maximum Gasteiger partial charge on any atom is 0.226 e. The lowest BCUT2D eigenvalue weighted by molar-refractivity contribution is 0.284. The average molecular weight is 248 g/mol. The molecule has 18 heavy (non-hydrogen) atoms. The van der Waals surface area contributed by atoms with E-state index in [2.05, 4.69) is 10.1 Å². The van der Waals surface area contributed by atoms with E-state index in [-0.39, 0.29) is 6.61 Å². The summed E-state index contributed by atoms with van der Waals surface area (Å²) in [5.41, 5.74) is 1.08. The molecule has 2 aromatic rings. The first kappa shape index (κ1) is 12.6. The minimum Gasteiger partial charge on any atom is -0.485 e. The number of hydrogen-bond donors (Lipinski definition) is 1. The molecule has 0 atom stereocenters. The van der Waals surface area contributed by atoms with Gasteiger partial charge < -0.3 is 14.4 Å². The highest BCUT2D eigenvalue weighted by Gasteiger charge is 2.04. The minimum atomic E-state index is 0.156. The molecule has 0 unspecified atom stereocenters. The van der Waals surface area contributed by atoms with E-state index in [9.17, 15) is 0 Å². The van der Waals surface area contributed by atoms with E-state index < -0.39 is 0 Å². The van der Waals surface area contributed by atoms with Crippen LogP contribution >= 0.6 is 0 Å². The van der Waals surface area contributed by atoms with Gasteiger partial charge in [0, 0.05) is 13.0 Å². The Kier molecular flexibility index (Phi) is 4.30. The molecular formula is C13H16N2O3. The predicted octanol–water partition coefficient (Wildman–Crippen LogP) is 1.75. The lowest BCUT2D eigenvalue weighted by Crippen LogP contribution is -1.98. The van der Waals surface area contributed by atoms with Gasteiger partial charge in [-0.2, -0.15) is 4.98 Å². The number of hydrogen-bond acceptors (Lipinski definition) is 5. The summed E-state index contributed by atoms with van der Waals surface area (Å²) in [5.74, 6) is 1.91. The van der Waals surface area contributed by atoms with Gasteiger partial charge in [0.15, 0.2) is 6.61 Å². The molecule has 0 aliphatic rings. The first-order valence-electron chi connectivity index (χ1n) is 5.96. The summed E-state index contributed by atoms with van der Waals surface area (Å²) >= 11 is 0. The van der Waals surface area contributed by atoms with Crippen LogP contribution in [-0.4, -0.2) is 21.9 Å². The molecule has 96 valence electrons. The number of aliphatic hydroxyl groups is 1. The van der Waals surface area contributed by atoms with Crippen LogP contribution in [0.5, 0.6) is 5.75 Å². The van der Waals surface area contributed by atoms with Gasteiger partial charge in [-0.15, -0.1) is 0 Å². The van der Waals surface area contributed by atoms with Crippen molar-refractivity contribution in [3.05, 3.63) is 41.5 Å². The van der Waals surface area contributed by atoms with Crippen molar-refractivity contribution in [3.8, 4) is 5.75 Å². The molecule has 0 saturated heterocycles. The summed E-state index contributed by atoms with van der Waals surface area (Å²) in [4.78, 5) is 4.15. The fourth-order valence-corrected chi connectivity index (χ4v) is 1.52. The molecule has 5 heteroatoms. The van der Waals surface area contributed by atoms with Crippen molar-refractivity contribution in [1.82, 2.24) is 10.1 Å². The zero-order valence-corrected chi connectivity index (χ0v) is 10.3. The second-order valence-electron chi connectivity index (χ2n) is 3.86. The van der Waals surface area contributed by atoms with Gasteiger partial charge in [0.05, 0.1) is 0 Å². The number of rotatable bonds is 6. The third kappa shape index (κ3) is 3.30. The Morgan fingerprint density at radius 1 is 1.28 bits per heavy atom. The zero-order valence-electron chi connectivity index (χ0n) is 10.3. The van der Waals surface area contributed by atoms with Crippen LogP contribution in [0.25, 0.3) is 0 Å². The normalized spacial score (nSPS) is 10.6. The highest BCUT2D eigenvalue weighted by Crippen LogP contribution is 2.13. The van der Waals surface area contributed by atoms with Crippen LogP contribution in [0.2, 0.25) is 0 Å². The van der Waals surface area contributed by atoms with Crippen LogP contribution in [-0.2, 0) is 19.4 Å². The molecule has 0 bridgehead atoms. The number of aryl methyl sites for hydroxylation is 1. The Morgan fingerprint density at radius 3 is 2.67 bits per heavy atom. The van der Waals surface area contributed by atoms with Gasteiger partial charge >= 0.3 is 0 Å². The first-order valence-corrected chi connectivity index (χ1v) is 5.96. The summed E-state index contributed by atoms with van der Waals surface area (Å²) < 4.78 is 10.5. The Labute approximate surface area is 105 Å². The zero-order chi connectivity index (χ0) is 12.8. The molecule has 1 N–H and O–H groups in total. The van der Waals surface area contributed by atoms with Crippen molar-refractivity contribution < 1.29 is 14.4 Å².